The maximum Gasteiger partial charge on any atom is 0.0663 e. The summed E-state index contributed by atoms with van der Waals surface area (Å²) in [5, 5.41) is 0. The summed E-state index contributed by atoms with van der Waals surface area (Å²) in [7, 11) is 4.65. The lowest BCUT2D eigenvalue weighted by molar-refractivity contribution is 0.128. The maximum atomic E-state index is 5.27. The molecule has 1 fully saturated rings. The van der Waals surface area contributed by atoms with Crippen LogP contribution in [0.3, 0.4) is 0 Å². The zero-order chi connectivity index (χ0) is 10.3. The maximum absolute atomic E-state index is 5.27. The fourth-order valence-electron chi connectivity index (χ4n) is 1.77. The zero-order valence-corrected chi connectivity index (χ0v) is 11.1. The summed E-state index contributed by atoms with van der Waals surface area (Å²) in [6.45, 7) is 7.06. The minimum atomic E-state index is 0.385. The second-order valence-corrected chi connectivity index (χ2v) is 3.83. The molecule has 80 valence electrons. The smallest absolute Gasteiger partial charge is 0.0663 e. The topological polar surface area (TPSA) is 18.5 Å². The summed E-state index contributed by atoms with van der Waals surface area (Å²) in [5.41, 5.74) is 0. The Kier molecular flexibility index (Phi) is 8.61. The van der Waals surface area contributed by atoms with Gasteiger partial charge in [-0.1, -0.05) is 20.8 Å². The van der Waals surface area contributed by atoms with E-state index in [0.29, 0.717) is 12.0 Å². The molecule has 1 saturated carbocycles. The molecule has 1 aliphatic rings. The van der Waals surface area contributed by atoms with Crippen LogP contribution in [0.4, 0.5) is 0 Å². The molecule has 1 rings (SSSR count). The van der Waals surface area contributed by atoms with Crippen LogP contribution in [0, 0.1) is 11.8 Å². The van der Waals surface area contributed by atoms with Crippen LogP contribution < -0.4 is 0 Å². The second kappa shape index (κ2) is 8.12. The van der Waals surface area contributed by atoms with Crippen LogP contribution in [0.15, 0.2) is 0 Å². The van der Waals surface area contributed by atoms with Gasteiger partial charge in [-0.3, -0.25) is 0 Å². The average Bonchev–Trinajstić information content (AvgIpc) is 2.52. The van der Waals surface area contributed by atoms with E-state index in [1.54, 1.807) is 0 Å². The van der Waals surface area contributed by atoms with E-state index in [1.165, 1.54) is 12.8 Å². The molecule has 5 atom stereocenters. The van der Waals surface area contributed by atoms with Gasteiger partial charge in [-0.25, -0.2) is 0 Å². The highest BCUT2D eigenvalue weighted by atomic mass is 31.0. The van der Waals surface area contributed by atoms with Crippen LogP contribution in [-0.2, 0) is 9.05 Å². The first-order valence-corrected chi connectivity index (χ1v) is 5.91. The molecular weight excluding hydrogens is 202 g/mol. The standard InChI is InChI=1S/C7H16O2P2.C2H6/c1-5-2-3-7(9-11)6(5)4-8-10;1-2/h5-7H,2-4,10-11H2,1H3;1-2H3/t5-,6?,7?;/m0./s1. The normalized spacial score (nSPS) is 32.5. The van der Waals surface area contributed by atoms with Crippen LogP contribution in [0.25, 0.3) is 0 Å². The molecule has 4 unspecified atom stereocenters. The molecule has 0 aliphatic heterocycles. The molecule has 0 radical (unpaired) electrons. The van der Waals surface area contributed by atoms with Gasteiger partial charge in [0.2, 0.25) is 0 Å². The highest BCUT2D eigenvalue weighted by molar-refractivity contribution is 7.10. The van der Waals surface area contributed by atoms with E-state index in [1.807, 2.05) is 13.8 Å². The summed E-state index contributed by atoms with van der Waals surface area (Å²) in [4.78, 5) is 0. The summed E-state index contributed by atoms with van der Waals surface area (Å²) >= 11 is 0. The molecule has 0 amide bonds. The molecular formula is C9H22O2P2. The molecule has 0 heterocycles. The van der Waals surface area contributed by atoms with Crippen molar-refractivity contribution in [1.82, 2.24) is 0 Å². The van der Waals surface area contributed by atoms with Gasteiger partial charge in [0.1, 0.15) is 0 Å². The summed E-state index contributed by atoms with van der Waals surface area (Å²) in [5.74, 6) is 1.31. The van der Waals surface area contributed by atoms with Gasteiger partial charge in [0.05, 0.1) is 12.7 Å². The van der Waals surface area contributed by atoms with Gasteiger partial charge in [-0.2, -0.15) is 0 Å². The van der Waals surface area contributed by atoms with E-state index >= 15 is 0 Å². The van der Waals surface area contributed by atoms with Crippen molar-refractivity contribution < 1.29 is 9.05 Å². The zero-order valence-electron chi connectivity index (χ0n) is 8.82. The number of hydrogen-bond donors (Lipinski definition) is 0. The quantitative estimate of drug-likeness (QED) is 0.686. The Morgan fingerprint density at radius 2 is 1.85 bits per heavy atom. The Labute approximate surface area is 86.7 Å². The average molecular weight is 224 g/mol. The van der Waals surface area contributed by atoms with Crippen molar-refractivity contribution in [2.24, 2.45) is 11.8 Å². The van der Waals surface area contributed by atoms with Gasteiger partial charge in [-0.15, -0.1) is 0 Å². The van der Waals surface area contributed by atoms with E-state index in [4.69, 9.17) is 9.05 Å². The molecule has 0 aromatic carbocycles. The lowest BCUT2D eigenvalue weighted by Gasteiger charge is -2.19. The van der Waals surface area contributed by atoms with Crippen LogP contribution in [0.5, 0.6) is 0 Å². The molecule has 0 spiro atoms. The van der Waals surface area contributed by atoms with E-state index in [-0.39, 0.29) is 0 Å². The highest BCUT2D eigenvalue weighted by Gasteiger charge is 2.33. The Morgan fingerprint density at radius 3 is 2.31 bits per heavy atom. The van der Waals surface area contributed by atoms with Crippen LogP contribution in [-0.4, -0.2) is 12.7 Å². The van der Waals surface area contributed by atoms with E-state index in [9.17, 15) is 0 Å². The minimum Gasteiger partial charge on any atom is -0.365 e. The molecule has 1 aliphatic carbocycles. The fraction of sp³-hybridized carbons (Fsp3) is 1.00. The number of hydrogen-bond acceptors (Lipinski definition) is 2. The van der Waals surface area contributed by atoms with Gasteiger partial charge >= 0.3 is 0 Å². The second-order valence-electron chi connectivity index (χ2n) is 3.23. The predicted molar refractivity (Wildman–Crippen MR) is 63.5 cm³/mol. The Morgan fingerprint density at radius 1 is 1.23 bits per heavy atom. The summed E-state index contributed by atoms with van der Waals surface area (Å²) < 4.78 is 10.3. The molecule has 0 aromatic rings. The van der Waals surface area contributed by atoms with Crippen molar-refractivity contribution in [3.63, 3.8) is 0 Å². The molecule has 2 nitrogen and oxygen atoms in total. The predicted octanol–water partition coefficient (Wildman–Crippen LogP) is 3.04. The third-order valence-electron chi connectivity index (χ3n) is 2.58. The summed E-state index contributed by atoms with van der Waals surface area (Å²) in [6.07, 6.45) is 2.82. The van der Waals surface area contributed by atoms with Gasteiger partial charge in [0.15, 0.2) is 0 Å². The van der Waals surface area contributed by atoms with Crippen LogP contribution in [0.1, 0.15) is 33.6 Å². The summed E-state index contributed by atoms with van der Waals surface area (Å²) in [6, 6.07) is 0. The van der Waals surface area contributed by atoms with E-state index in [2.05, 4.69) is 25.9 Å². The van der Waals surface area contributed by atoms with Crippen molar-refractivity contribution >= 4 is 18.9 Å². The van der Waals surface area contributed by atoms with Gasteiger partial charge in [-0.05, 0) is 18.8 Å². The molecule has 0 saturated heterocycles. The van der Waals surface area contributed by atoms with Crippen molar-refractivity contribution in [3.05, 3.63) is 0 Å². The highest BCUT2D eigenvalue weighted by Crippen LogP contribution is 2.35. The SMILES string of the molecule is CC.C[C@H]1CCC(OP)C1COP. The Bertz CT molecular complexity index is 122. The molecule has 4 heteroatoms. The first-order chi connectivity index (χ1) is 6.29. The monoisotopic (exact) mass is 224 g/mol. The van der Waals surface area contributed by atoms with Crippen molar-refractivity contribution in [2.45, 2.75) is 39.7 Å². The largest absolute Gasteiger partial charge is 0.365 e. The van der Waals surface area contributed by atoms with Crippen molar-refractivity contribution in [3.8, 4) is 0 Å². The first kappa shape index (κ1) is 13.8. The molecule has 0 N–H and O–H groups in total. The Hall–Kier alpha value is 0.780. The van der Waals surface area contributed by atoms with Crippen molar-refractivity contribution in [2.75, 3.05) is 6.61 Å². The van der Waals surface area contributed by atoms with Gasteiger partial charge < -0.3 is 9.05 Å². The van der Waals surface area contributed by atoms with E-state index < -0.39 is 0 Å². The first-order valence-electron chi connectivity index (χ1n) is 4.96. The fourth-order valence-corrected chi connectivity index (χ4v) is 2.33. The van der Waals surface area contributed by atoms with Crippen LogP contribution >= 0.6 is 18.9 Å². The van der Waals surface area contributed by atoms with Gasteiger partial charge in [0.25, 0.3) is 0 Å². The lowest BCUT2D eigenvalue weighted by Crippen LogP contribution is -2.22. The van der Waals surface area contributed by atoms with Gasteiger partial charge in [0, 0.05) is 24.9 Å². The molecule has 13 heavy (non-hydrogen) atoms. The van der Waals surface area contributed by atoms with E-state index in [0.717, 1.165) is 12.5 Å². The van der Waals surface area contributed by atoms with Crippen LogP contribution in [0.2, 0.25) is 0 Å². The molecule has 0 bridgehead atoms. The van der Waals surface area contributed by atoms with Crippen molar-refractivity contribution in [1.29, 1.82) is 0 Å². The lowest BCUT2D eigenvalue weighted by atomic mass is 9.98. The molecule has 0 aromatic heterocycles. The third-order valence-corrected chi connectivity index (χ3v) is 3.12. The third kappa shape index (κ3) is 4.21. The number of rotatable bonds is 3. The minimum absolute atomic E-state index is 0.385. The Balaban J connectivity index is 0.000000671.